The monoisotopic (exact) mass is 318 g/mol. The lowest BCUT2D eigenvalue weighted by Crippen LogP contribution is -2.49. The summed E-state index contributed by atoms with van der Waals surface area (Å²) in [4.78, 5) is 16.3. The van der Waals surface area contributed by atoms with E-state index >= 15 is 0 Å². The van der Waals surface area contributed by atoms with Gasteiger partial charge in [-0.3, -0.25) is 4.90 Å². The van der Waals surface area contributed by atoms with Gasteiger partial charge in [0.15, 0.2) is 0 Å². The molecule has 0 atom stereocenters. The topological polar surface area (TPSA) is 32.8 Å². The molecule has 23 heavy (non-hydrogen) atoms. The van der Waals surface area contributed by atoms with E-state index in [0.29, 0.717) is 5.92 Å². The second-order valence-electron chi connectivity index (χ2n) is 7.64. The minimum Gasteiger partial charge on any atom is -0.444 e. The molecular formula is C19H30N2O2. The summed E-state index contributed by atoms with van der Waals surface area (Å²) in [7, 11) is 0. The van der Waals surface area contributed by atoms with Crippen LogP contribution in [0.5, 0.6) is 0 Å². The van der Waals surface area contributed by atoms with E-state index in [0.717, 1.165) is 32.7 Å². The zero-order valence-corrected chi connectivity index (χ0v) is 15.1. The Balaban J connectivity index is 1.81. The molecule has 1 amide bonds. The Morgan fingerprint density at radius 3 is 2.13 bits per heavy atom. The Labute approximate surface area is 140 Å². The molecule has 0 unspecified atom stereocenters. The molecule has 128 valence electrons. The van der Waals surface area contributed by atoms with Crippen LogP contribution in [-0.2, 0) is 11.3 Å². The Morgan fingerprint density at radius 1 is 1.09 bits per heavy atom. The van der Waals surface area contributed by atoms with Gasteiger partial charge in [0.1, 0.15) is 5.60 Å². The van der Waals surface area contributed by atoms with E-state index in [1.54, 1.807) is 0 Å². The molecule has 4 nitrogen and oxygen atoms in total. The average Bonchev–Trinajstić information content (AvgIpc) is 2.46. The number of carbonyl (C=O) groups excluding carboxylic acids is 1. The van der Waals surface area contributed by atoms with E-state index in [9.17, 15) is 4.79 Å². The highest BCUT2D eigenvalue weighted by Gasteiger charge is 2.25. The largest absolute Gasteiger partial charge is 0.444 e. The molecule has 0 bridgehead atoms. The number of benzene rings is 1. The van der Waals surface area contributed by atoms with Gasteiger partial charge < -0.3 is 9.64 Å². The maximum atomic E-state index is 12.1. The average molecular weight is 318 g/mol. The number of hydrogen-bond donors (Lipinski definition) is 0. The Hall–Kier alpha value is -1.55. The van der Waals surface area contributed by atoms with Gasteiger partial charge >= 0.3 is 6.09 Å². The van der Waals surface area contributed by atoms with Crippen LogP contribution in [0.25, 0.3) is 0 Å². The van der Waals surface area contributed by atoms with Crippen molar-refractivity contribution in [2.24, 2.45) is 0 Å². The fourth-order valence-corrected chi connectivity index (χ4v) is 2.68. The van der Waals surface area contributed by atoms with E-state index in [2.05, 4.69) is 43.0 Å². The first-order valence-electron chi connectivity index (χ1n) is 8.54. The summed E-state index contributed by atoms with van der Waals surface area (Å²) in [5.74, 6) is 0.571. The molecule has 0 spiro atoms. The third kappa shape index (κ3) is 5.54. The van der Waals surface area contributed by atoms with E-state index in [4.69, 9.17) is 4.74 Å². The molecule has 1 aromatic rings. The number of carbonyl (C=O) groups is 1. The van der Waals surface area contributed by atoms with Gasteiger partial charge in [-0.05, 0) is 37.8 Å². The maximum Gasteiger partial charge on any atom is 0.410 e. The van der Waals surface area contributed by atoms with Crippen LogP contribution < -0.4 is 0 Å². The predicted octanol–water partition coefficient (Wildman–Crippen LogP) is 3.86. The first-order valence-corrected chi connectivity index (χ1v) is 8.54. The third-order valence-corrected chi connectivity index (χ3v) is 4.08. The number of amides is 1. The molecule has 0 saturated carbocycles. The lowest BCUT2D eigenvalue weighted by Gasteiger charge is -2.35. The summed E-state index contributed by atoms with van der Waals surface area (Å²) < 4.78 is 5.43. The van der Waals surface area contributed by atoms with E-state index < -0.39 is 5.60 Å². The van der Waals surface area contributed by atoms with Crippen molar-refractivity contribution in [3.05, 3.63) is 35.4 Å². The first kappa shape index (κ1) is 17.8. The van der Waals surface area contributed by atoms with Crippen LogP contribution in [0.15, 0.2) is 24.3 Å². The zero-order chi connectivity index (χ0) is 17.0. The number of nitrogens with zero attached hydrogens (tertiary/aromatic N) is 2. The fraction of sp³-hybridized carbons (Fsp3) is 0.632. The summed E-state index contributed by atoms with van der Waals surface area (Å²) in [6, 6.07) is 8.87. The lowest BCUT2D eigenvalue weighted by molar-refractivity contribution is 0.0139. The molecule has 0 aliphatic carbocycles. The molecule has 1 heterocycles. The molecule has 1 aliphatic rings. The van der Waals surface area contributed by atoms with Gasteiger partial charge in [0, 0.05) is 32.7 Å². The molecule has 0 aromatic heterocycles. The van der Waals surface area contributed by atoms with Crippen molar-refractivity contribution in [1.29, 1.82) is 0 Å². The van der Waals surface area contributed by atoms with Crippen LogP contribution >= 0.6 is 0 Å². The van der Waals surface area contributed by atoms with Gasteiger partial charge in [0.05, 0.1) is 0 Å². The molecule has 2 rings (SSSR count). The van der Waals surface area contributed by atoms with Crippen molar-refractivity contribution in [2.75, 3.05) is 26.2 Å². The minimum atomic E-state index is -0.424. The summed E-state index contributed by atoms with van der Waals surface area (Å²) in [6.45, 7) is 14.3. The first-order chi connectivity index (χ1) is 10.7. The van der Waals surface area contributed by atoms with Crippen LogP contribution in [0.3, 0.4) is 0 Å². The van der Waals surface area contributed by atoms with Crippen molar-refractivity contribution >= 4 is 6.09 Å². The summed E-state index contributed by atoms with van der Waals surface area (Å²) in [6.07, 6.45) is -0.196. The van der Waals surface area contributed by atoms with Gasteiger partial charge in [0.2, 0.25) is 0 Å². The maximum absolute atomic E-state index is 12.1. The van der Waals surface area contributed by atoms with E-state index in [1.165, 1.54) is 11.1 Å². The molecular weight excluding hydrogens is 288 g/mol. The van der Waals surface area contributed by atoms with Gasteiger partial charge in [-0.1, -0.05) is 38.1 Å². The highest BCUT2D eigenvalue weighted by Crippen LogP contribution is 2.17. The highest BCUT2D eigenvalue weighted by atomic mass is 16.6. The highest BCUT2D eigenvalue weighted by molar-refractivity contribution is 5.68. The van der Waals surface area contributed by atoms with Crippen LogP contribution in [0, 0.1) is 0 Å². The SMILES string of the molecule is CC(C)c1ccc(CN2CCN(C(=O)OC(C)(C)C)CC2)cc1. The van der Waals surface area contributed by atoms with Crippen molar-refractivity contribution in [3.63, 3.8) is 0 Å². The normalized spacial score (nSPS) is 16.7. The molecule has 1 saturated heterocycles. The summed E-state index contributed by atoms with van der Waals surface area (Å²) >= 11 is 0. The number of piperazine rings is 1. The fourth-order valence-electron chi connectivity index (χ4n) is 2.68. The zero-order valence-electron chi connectivity index (χ0n) is 15.1. The van der Waals surface area contributed by atoms with Crippen molar-refractivity contribution in [1.82, 2.24) is 9.80 Å². The van der Waals surface area contributed by atoms with Crippen LogP contribution in [-0.4, -0.2) is 47.7 Å². The molecule has 0 N–H and O–H groups in total. The van der Waals surface area contributed by atoms with Crippen molar-refractivity contribution < 1.29 is 9.53 Å². The van der Waals surface area contributed by atoms with Crippen LogP contribution in [0.1, 0.15) is 51.7 Å². The molecule has 1 aliphatic heterocycles. The lowest BCUT2D eigenvalue weighted by atomic mass is 10.0. The number of ether oxygens (including phenoxy) is 1. The molecule has 4 heteroatoms. The predicted molar refractivity (Wildman–Crippen MR) is 93.6 cm³/mol. The molecule has 1 fully saturated rings. The van der Waals surface area contributed by atoms with Crippen molar-refractivity contribution in [2.45, 2.75) is 52.7 Å². The molecule has 0 radical (unpaired) electrons. The minimum absolute atomic E-state index is 0.196. The Morgan fingerprint density at radius 2 is 1.65 bits per heavy atom. The Kier molecular flexibility index (Phi) is 5.69. The van der Waals surface area contributed by atoms with Crippen LogP contribution in [0.2, 0.25) is 0 Å². The quantitative estimate of drug-likeness (QED) is 0.848. The van der Waals surface area contributed by atoms with Gasteiger partial charge in [-0.25, -0.2) is 4.79 Å². The second-order valence-corrected chi connectivity index (χ2v) is 7.64. The van der Waals surface area contributed by atoms with Gasteiger partial charge in [-0.2, -0.15) is 0 Å². The standard InChI is InChI=1S/C19H30N2O2/c1-15(2)17-8-6-16(7-9-17)14-20-10-12-21(13-11-20)18(22)23-19(3,4)5/h6-9,15H,10-14H2,1-5H3. The van der Waals surface area contributed by atoms with Gasteiger partial charge in [-0.15, -0.1) is 0 Å². The third-order valence-electron chi connectivity index (χ3n) is 4.08. The summed E-state index contributed by atoms with van der Waals surface area (Å²) in [5.41, 5.74) is 2.29. The summed E-state index contributed by atoms with van der Waals surface area (Å²) in [5, 5.41) is 0. The van der Waals surface area contributed by atoms with Crippen molar-refractivity contribution in [3.8, 4) is 0 Å². The smallest absolute Gasteiger partial charge is 0.410 e. The number of rotatable bonds is 3. The van der Waals surface area contributed by atoms with E-state index in [1.807, 2.05) is 25.7 Å². The second kappa shape index (κ2) is 7.35. The molecule has 1 aromatic carbocycles. The number of hydrogen-bond acceptors (Lipinski definition) is 3. The van der Waals surface area contributed by atoms with Crippen LogP contribution in [0.4, 0.5) is 4.79 Å². The Bertz CT molecular complexity index is 509. The van der Waals surface area contributed by atoms with Gasteiger partial charge in [0.25, 0.3) is 0 Å². The van der Waals surface area contributed by atoms with E-state index in [-0.39, 0.29) is 6.09 Å².